The number of hydrogen-bond donors (Lipinski definition) is 2. The lowest BCUT2D eigenvalue weighted by Crippen LogP contribution is -2.23. The second kappa shape index (κ2) is 8.86. The molecule has 0 fully saturated rings. The SMILES string of the molecule is Cc1ccc(S(=O)(=O)Nc2ccc(Cl)c(C(=O)NCc3cccc(Cl)c3)c2)cc1. The Balaban J connectivity index is 1.76. The van der Waals surface area contributed by atoms with Crippen molar-refractivity contribution in [3.05, 3.63) is 93.5 Å². The third-order valence-electron chi connectivity index (χ3n) is 4.14. The number of anilines is 1. The molecule has 0 unspecified atom stereocenters. The van der Waals surface area contributed by atoms with Crippen LogP contribution in [-0.2, 0) is 16.6 Å². The van der Waals surface area contributed by atoms with Crippen LogP contribution in [0.25, 0.3) is 0 Å². The summed E-state index contributed by atoms with van der Waals surface area (Å²) < 4.78 is 27.6. The second-order valence-electron chi connectivity index (χ2n) is 6.43. The summed E-state index contributed by atoms with van der Waals surface area (Å²) in [7, 11) is -3.78. The summed E-state index contributed by atoms with van der Waals surface area (Å²) in [6, 6.07) is 18.0. The Labute approximate surface area is 179 Å². The van der Waals surface area contributed by atoms with Gasteiger partial charge in [-0.3, -0.25) is 9.52 Å². The molecule has 0 spiro atoms. The maximum atomic E-state index is 12.6. The van der Waals surface area contributed by atoms with Crippen LogP contribution >= 0.6 is 23.2 Å². The normalized spacial score (nSPS) is 11.1. The van der Waals surface area contributed by atoms with Crippen molar-refractivity contribution < 1.29 is 13.2 Å². The summed E-state index contributed by atoms with van der Waals surface area (Å²) in [5, 5.41) is 3.54. The number of carbonyl (C=O) groups excluding carboxylic acids is 1. The number of rotatable bonds is 6. The fourth-order valence-electron chi connectivity index (χ4n) is 2.62. The standard InChI is InChI=1S/C21H18Cl2N2O3S/c1-14-5-8-18(9-6-14)29(27,28)25-17-7-10-20(23)19(12-17)21(26)24-13-15-3-2-4-16(22)11-15/h2-12,25H,13H2,1H3,(H,24,26). The van der Waals surface area contributed by atoms with E-state index in [-0.39, 0.29) is 27.7 Å². The molecule has 0 saturated carbocycles. The van der Waals surface area contributed by atoms with Crippen LogP contribution < -0.4 is 10.0 Å². The largest absolute Gasteiger partial charge is 0.348 e. The van der Waals surface area contributed by atoms with Crippen molar-refractivity contribution in [3.63, 3.8) is 0 Å². The van der Waals surface area contributed by atoms with Crippen molar-refractivity contribution in [2.45, 2.75) is 18.4 Å². The molecule has 0 saturated heterocycles. The smallest absolute Gasteiger partial charge is 0.261 e. The van der Waals surface area contributed by atoms with E-state index in [1.165, 1.54) is 30.3 Å². The summed E-state index contributed by atoms with van der Waals surface area (Å²) in [5.74, 6) is -0.425. The van der Waals surface area contributed by atoms with Crippen LogP contribution in [0.3, 0.4) is 0 Å². The van der Waals surface area contributed by atoms with Crippen molar-refractivity contribution in [3.8, 4) is 0 Å². The molecule has 0 aliphatic carbocycles. The van der Waals surface area contributed by atoms with Gasteiger partial charge in [-0.05, 0) is 55.0 Å². The van der Waals surface area contributed by atoms with Crippen molar-refractivity contribution in [2.75, 3.05) is 4.72 Å². The Morgan fingerprint density at radius 2 is 1.69 bits per heavy atom. The van der Waals surface area contributed by atoms with Gasteiger partial charge >= 0.3 is 0 Å². The van der Waals surface area contributed by atoms with Gasteiger partial charge in [0.2, 0.25) is 0 Å². The first kappa shape index (κ1) is 21.2. The van der Waals surface area contributed by atoms with Gasteiger partial charge in [0.05, 0.1) is 15.5 Å². The maximum absolute atomic E-state index is 12.6. The zero-order valence-corrected chi connectivity index (χ0v) is 17.8. The first-order valence-corrected chi connectivity index (χ1v) is 10.9. The van der Waals surface area contributed by atoms with Crippen molar-refractivity contribution in [2.24, 2.45) is 0 Å². The van der Waals surface area contributed by atoms with Gasteiger partial charge in [-0.1, -0.05) is 53.0 Å². The molecule has 1 amide bonds. The van der Waals surface area contributed by atoms with E-state index in [9.17, 15) is 13.2 Å². The van der Waals surface area contributed by atoms with Crippen LogP contribution in [0.5, 0.6) is 0 Å². The summed E-state index contributed by atoms with van der Waals surface area (Å²) in [4.78, 5) is 12.7. The predicted octanol–water partition coefficient (Wildman–Crippen LogP) is 5.03. The number of sulfonamides is 1. The Kier molecular flexibility index (Phi) is 6.47. The minimum Gasteiger partial charge on any atom is -0.348 e. The zero-order valence-electron chi connectivity index (χ0n) is 15.4. The van der Waals surface area contributed by atoms with Gasteiger partial charge in [-0.2, -0.15) is 0 Å². The lowest BCUT2D eigenvalue weighted by molar-refractivity contribution is 0.0951. The van der Waals surface area contributed by atoms with Crippen LogP contribution in [0.4, 0.5) is 5.69 Å². The minimum absolute atomic E-state index is 0.130. The maximum Gasteiger partial charge on any atom is 0.261 e. The molecular formula is C21H18Cl2N2O3S. The van der Waals surface area contributed by atoms with E-state index in [0.29, 0.717) is 5.02 Å². The van der Waals surface area contributed by atoms with Crippen LogP contribution in [0.1, 0.15) is 21.5 Å². The average molecular weight is 449 g/mol. The quantitative estimate of drug-likeness (QED) is 0.554. The molecule has 3 aromatic rings. The molecule has 0 aromatic heterocycles. The molecule has 0 radical (unpaired) electrons. The number of benzene rings is 3. The lowest BCUT2D eigenvalue weighted by atomic mass is 10.1. The predicted molar refractivity (Wildman–Crippen MR) is 116 cm³/mol. The minimum atomic E-state index is -3.78. The van der Waals surface area contributed by atoms with Gasteiger partial charge in [0.25, 0.3) is 15.9 Å². The summed E-state index contributed by atoms with van der Waals surface area (Å²) >= 11 is 12.1. The monoisotopic (exact) mass is 448 g/mol. The van der Waals surface area contributed by atoms with E-state index >= 15 is 0 Å². The number of nitrogens with one attached hydrogen (secondary N) is 2. The Hall–Kier alpha value is -2.54. The number of hydrogen-bond acceptors (Lipinski definition) is 3. The third-order valence-corrected chi connectivity index (χ3v) is 6.10. The van der Waals surface area contributed by atoms with Gasteiger partial charge in [-0.15, -0.1) is 0 Å². The van der Waals surface area contributed by atoms with Crippen molar-refractivity contribution >= 4 is 44.8 Å². The molecule has 3 aromatic carbocycles. The molecule has 29 heavy (non-hydrogen) atoms. The molecule has 0 atom stereocenters. The highest BCUT2D eigenvalue weighted by Crippen LogP contribution is 2.23. The Morgan fingerprint density at radius 3 is 2.38 bits per heavy atom. The topological polar surface area (TPSA) is 75.3 Å². The van der Waals surface area contributed by atoms with Crippen LogP contribution in [0, 0.1) is 6.92 Å². The van der Waals surface area contributed by atoms with Gasteiger partial charge in [0.1, 0.15) is 0 Å². The molecule has 3 rings (SSSR count). The molecule has 0 heterocycles. The highest BCUT2D eigenvalue weighted by atomic mass is 35.5. The summed E-state index contributed by atoms with van der Waals surface area (Å²) in [6.07, 6.45) is 0. The van der Waals surface area contributed by atoms with E-state index in [2.05, 4.69) is 10.0 Å². The first-order valence-electron chi connectivity index (χ1n) is 8.66. The number of aryl methyl sites for hydroxylation is 1. The summed E-state index contributed by atoms with van der Waals surface area (Å²) in [6.45, 7) is 2.13. The van der Waals surface area contributed by atoms with Gasteiger partial charge in [0.15, 0.2) is 0 Å². The molecule has 5 nitrogen and oxygen atoms in total. The van der Waals surface area contributed by atoms with E-state index in [1.54, 1.807) is 30.3 Å². The van der Waals surface area contributed by atoms with Crippen molar-refractivity contribution in [1.82, 2.24) is 5.32 Å². The molecule has 2 N–H and O–H groups in total. The molecule has 150 valence electrons. The molecular weight excluding hydrogens is 431 g/mol. The number of carbonyl (C=O) groups is 1. The van der Waals surface area contributed by atoms with Gasteiger partial charge in [-0.25, -0.2) is 8.42 Å². The molecule has 8 heteroatoms. The Morgan fingerprint density at radius 1 is 0.966 bits per heavy atom. The van der Waals surface area contributed by atoms with Crippen LogP contribution in [0.15, 0.2) is 71.6 Å². The van der Waals surface area contributed by atoms with E-state index in [1.807, 2.05) is 13.0 Å². The fraction of sp³-hybridized carbons (Fsp3) is 0.0952. The highest BCUT2D eigenvalue weighted by Gasteiger charge is 2.17. The number of amides is 1. The fourth-order valence-corrected chi connectivity index (χ4v) is 4.08. The van der Waals surface area contributed by atoms with Gasteiger partial charge < -0.3 is 5.32 Å². The molecule has 0 aliphatic rings. The van der Waals surface area contributed by atoms with Gasteiger partial charge in [0, 0.05) is 17.3 Å². The van der Waals surface area contributed by atoms with E-state index in [4.69, 9.17) is 23.2 Å². The molecule has 0 bridgehead atoms. The molecule has 0 aliphatic heterocycles. The van der Waals surface area contributed by atoms with E-state index < -0.39 is 15.9 Å². The second-order valence-corrected chi connectivity index (χ2v) is 8.95. The summed E-state index contributed by atoms with van der Waals surface area (Å²) in [5.41, 5.74) is 2.19. The number of halogens is 2. The Bertz CT molecular complexity index is 1150. The van der Waals surface area contributed by atoms with Crippen molar-refractivity contribution in [1.29, 1.82) is 0 Å². The van der Waals surface area contributed by atoms with Crippen LogP contribution in [0.2, 0.25) is 10.0 Å². The lowest BCUT2D eigenvalue weighted by Gasteiger charge is -2.12. The third kappa shape index (κ3) is 5.50. The van der Waals surface area contributed by atoms with Crippen LogP contribution in [-0.4, -0.2) is 14.3 Å². The zero-order chi connectivity index (χ0) is 21.0. The van der Waals surface area contributed by atoms with E-state index in [0.717, 1.165) is 11.1 Å². The first-order chi connectivity index (χ1) is 13.7. The highest BCUT2D eigenvalue weighted by molar-refractivity contribution is 7.92. The average Bonchev–Trinajstić information content (AvgIpc) is 2.68.